The molecule has 27 heavy (non-hydrogen) atoms. The van der Waals surface area contributed by atoms with Crippen molar-refractivity contribution in [2.24, 2.45) is 5.73 Å². The second kappa shape index (κ2) is 11.0. The highest BCUT2D eigenvalue weighted by atomic mass is 16.6. The lowest BCUT2D eigenvalue weighted by atomic mass is 10.0. The molecule has 0 amide bonds. The average Bonchev–Trinajstić information content (AvgIpc) is 2.67. The smallest absolute Gasteiger partial charge is 0.338 e. The number of likely N-dealkylation sites (N-methyl/N-ethyl adjacent to an activating group) is 1. The van der Waals surface area contributed by atoms with Gasteiger partial charge >= 0.3 is 23.9 Å². The van der Waals surface area contributed by atoms with Crippen LogP contribution in [0.4, 0.5) is 0 Å². The van der Waals surface area contributed by atoms with E-state index in [0.717, 1.165) is 0 Å². The molecule has 0 bridgehead atoms. The van der Waals surface area contributed by atoms with Gasteiger partial charge < -0.3 is 25.3 Å². The number of rotatable bonds is 9. The van der Waals surface area contributed by atoms with Crippen molar-refractivity contribution in [3.8, 4) is 0 Å². The van der Waals surface area contributed by atoms with Crippen molar-refractivity contribution >= 4 is 23.9 Å². The number of nitrogens with one attached hydrogen (secondary N) is 1. The van der Waals surface area contributed by atoms with Gasteiger partial charge in [0.1, 0.15) is 12.1 Å². The summed E-state index contributed by atoms with van der Waals surface area (Å²) in [7, 11) is 3.99. The number of ether oxygens (including phenoxy) is 3. The lowest BCUT2D eigenvalue weighted by Gasteiger charge is -2.16. The molecule has 1 aromatic carbocycles. The van der Waals surface area contributed by atoms with Crippen LogP contribution in [0.1, 0.15) is 28.8 Å². The Bertz CT molecular complexity index is 690. The average molecular weight is 380 g/mol. The Labute approximate surface area is 157 Å². The second-order valence-electron chi connectivity index (χ2n) is 5.66. The molecule has 0 radical (unpaired) electrons. The third kappa shape index (κ3) is 6.80. The van der Waals surface area contributed by atoms with Crippen LogP contribution in [-0.4, -0.2) is 57.2 Å². The molecule has 0 heterocycles. The maximum Gasteiger partial charge on any atom is 0.338 e. The first-order valence-electron chi connectivity index (χ1n) is 8.25. The molecule has 0 saturated carbocycles. The maximum atomic E-state index is 12.1. The number of esters is 4. The van der Waals surface area contributed by atoms with Gasteiger partial charge in [-0.05, 0) is 31.5 Å². The van der Waals surface area contributed by atoms with Gasteiger partial charge in [-0.2, -0.15) is 0 Å². The fourth-order valence-corrected chi connectivity index (χ4v) is 2.32. The zero-order chi connectivity index (χ0) is 20.4. The topological polar surface area (TPSA) is 134 Å². The molecule has 0 unspecified atom stereocenters. The summed E-state index contributed by atoms with van der Waals surface area (Å²) in [6.45, 7) is 0. The van der Waals surface area contributed by atoms with Crippen LogP contribution in [-0.2, 0) is 35.0 Å². The lowest BCUT2D eigenvalue weighted by Crippen LogP contribution is -2.42. The molecule has 0 fully saturated rings. The van der Waals surface area contributed by atoms with Crippen LogP contribution in [0.25, 0.3) is 0 Å². The van der Waals surface area contributed by atoms with Crippen LogP contribution in [0, 0.1) is 0 Å². The molecule has 1 aromatic rings. The minimum atomic E-state index is -1.15. The van der Waals surface area contributed by atoms with E-state index < -0.39 is 36.0 Å². The summed E-state index contributed by atoms with van der Waals surface area (Å²) in [5.74, 6) is -2.81. The van der Waals surface area contributed by atoms with E-state index in [4.69, 9.17) is 10.5 Å². The number of carbonyl (C=O) groups excluding carboxylic acids is 4. The van der Waals surface area contributed by atoms with E-state index in [0.29, 0.717) is 5.56 Å². The number of nitrogens with two attached hydrogens (primary N) is 1. The highest BCUT2D eigenvalue weighted by Crippen LogP contribution is 2.13. The number of methoxy groups -OCH3 is 2. The van der Waals surface area contributed by atoms with Crippen molar-refractivity contribution in [2.45, 2.75) is 31.3 Å². The molecule has 0 saturated heterocycles. The van der Waals surface area contributed by atoms with Crippen LogP contribution in [0.2, 0.25) is 0 Å². The largest absolute Gasteiger partial charge is 0.469 e. The van der Waals surface area contributed by atoms with Crippen LogP contribution < -0.4 is 11.1 Å². The molecule has 0 aliphatic carbocycles. The minimum absolute atomic E-state index is 0.0101. The fraction of sp³-hybridized carbons (Fsp3) is 0.444. The third-order valence-electron chi connectivity index (χ3n) is 3.86. The van der Waals surface area contributed by atoms with Crippen molar-refractivity contribution < 1.29 is 33.4 Å². The van der Waals surface area contributed by atoms with E-state index in [1.807, 2.05) is 0 Å². The maximum absolute atomic E-state index is 12.1. The third-order valence-corrected chi connectivity index (χ3v) is 3.86. The highest BCUT2D eigenvalue weighted by Gasteiger charge is 2.26. The summed E-state index contributed by atoms with van der Waals surface area (Å²) in [6, 6.07) is 4.51. The van der Waals surface area contributed by atoms with Crippen LogP contribution >= 0.6 is 0 Å². The van der Waals surface area contributed by atoms with Crippen LogP contribution in [0.15, 0.2) is 24.3 Å². The summed E-state index contributed by atoms with van der Waals surface area (Å²) >= 11 is 0. The van der Waals surface area contributed by atoms with E-state index in [2.05, 4.69) is 14.8 Å². The van der Waals surface area contributed by atoms with Gasteiger partial charge in [0.15, 0.2) is 0 Å². The van der Waals surface area contributed by atoms with Crippen LogP contribution in [0.5, 0.6) is 0 Å². The summed E-state index contributed by atoms with van der Waals surface area (Å²) < 4.78 is 14.0. The highest BCUT2D eigenvalue weighted by molar-refractivity contribution is 5.93. The summed E-state index contributed by atoms with van der Waals surface area (Å²) in [6.07, 6.45) is 0.0866. The van der Waals surface area contributed by atoms with E-state index in [9.17, 15) is 19.2 Å². The number of carbonyl (C=O) groups is 4. The monoisotopic (exact) mass is 380 g/mol. The van der Waals surface area contributed by atoms with Gasteiger partial charge in [0, 0.05) is 6.42 Å². The molecule has 0 spiro atoms. The Morgan fingerprint density at radius 1 is 1.07 bits per heavy atom. The molecule has 0 aliphatic rings. The molecular weight excluding hydrogens is 356 g/mol. The Morgan fingerprint density at radius 3 is 2.33 bits per heavy atom. The van der Waals surface area contributed by atoms with E-state index in [-0.39, 0.29) is 24.8 Å². The SMILES string of the molecule is CN[C@@H](CCC(=O)OC)C(=O)OC(=O)[C@@H](N)Cc1ccccc1C(=O)OC. The van der Waals surface area contributed by atoms with Crippen molar-refractivity contribution in [3.05, 3.63) is 35.4 Å². The molecule has 1 rings (SSSR count). The first kappa shape index (κ1) is 22.3. The quantitative estimate of drug-likeness (QED) is 0.343. The first-order valence-corrected chi connectivity index (χ1v) is 8.25. The van der Waals surface area contributed by atoms with E-state index in [1.165, 1.54) is 21.3 Å². The van der Waals surface area contributed by atoms with Crippen molar-refractivity contribution in [3.63, 3.8) is 0 Å². The van der Waals surface area contributed by atoms with Crippen molar-refractivity contribution in [1.29, 1.82) is 0 Å². The zero-order valence-electron chi connectivity index (χ0n) is 15.5. The Morgan fingerprint density at radius 2 is 1.74 bits per heavy atom. The van der Waals surface area contributed by atoms with Crippen molar-refractivity contribution in [2.75, 3.05) is 21.3 Å². The number of hydrogen-bond acceptors (Lipinski definition) is 9. The normalized spacial score (nSPS) is 12.6. The fourth-order valence-electron chi connectivity index (χ4n) is 2.32. The lowest BCUT2D eigenvalue weighted by molar-refractivity contribution is -0.162. The van der Waals surface area contributed by atoms with Crippen LogP contribution in [0.3, 0.4) is 0 Å². The zero-order valence-corrected chi connectivity index (χ0v) is 15.5. The minimum Gasteiger partial charge on any atom is -0.469 e. The summed E-state index contributed by atoms with van der Waals surface area (Å²) in [5.41, 5.74) is 6.60. The Hall–Kier alpha value is -2.78. The number of benzene rings is 1. The van der Waals surface area contributed by atoms with Gasteiger partial charge in [-0.15, -0.1) is 0 Å². The van der Waals surface area contributed by atoms with Gasteiger partial charge in [0.05, 0.1) is 19.8 Å². The Kier molecular flexibility index (Phi) is 9.11. The summed E-state index contributed by atoms with van der Waals surface area (Å²) in [5, 5.41) is 2.67. The molecule has 9 nitrogen and oxygen atoms in total. The van der Waals surface area contributed by atoms with Crippen molar-refractivity contribution in [1.82, 2.24) is 5.32 Å². The van der Waals surface area contributed by atoms with Gasteiger partial charge in [-0.25, -0.2) is 14.4 Å². The predicted octanol–water partition coefficient (Wildman–Crippen LogP) is -0.0460. The Balaban J connectivity index is 2.70. The summed E-state index contributed by atoms with van der Waals surface area (Å²) in [4.78, 5) is 47.1. The number of hydrogen-bond donors (Lipinski definition) is 2. The standard InChI is InChI=1S/C18H24N2O7/c1-20-14(8-9-15(21)25-2)18(24)27-17(23)13(19)10-11-6-4-5-7-12(11)16(22)26-3/h4-7,13-14,20H,8-10,19H2,1-3H3/t13-,14-/m0/s1. The van der Waals surface area contributed by atoms with Gasteiger partial charge in [-0.3, -0.25) is 4.79 Å². The first-order chi connectivity index (χ1) is 12.8. The molecule has 3 N–H and O–H groups in total. The van der Waals surface area contributed by atoms with Gasteiger partial charge in [-0.1, -0.05) is 18.2 Å². The molecule has 0 aliphatic heterocycles. The molecule has 9 heteroatoms. The van der Waals surface area contributed by atoms with E-state index >= 15 is 0 Å². The van der Waals surface area contributed by atoms with Gasteiger partial charge in [0.25, 0.3) is 0 Å². The predicted molar refractivity (Wildman–Crippen MR) is 94.7 cm³/mol. The molecule has 2 atom stereocenters. The molecule has 0 aromatic heterocycles. The molecule has 148 valence electrons. The molecular formula is C18H24N2O7. The second-order valence-corrected chi connectivity index (χ2v) is 5.66. The van der Waals surface area contributed by atoms with E-state index in [1.54, 1.807) is 24.3 Å². The van der Waals surface area contributed by atoms with Gasteiger partial charge in [0.2, 0.25) is 0 Å².